The Kier molecular flexibility index (Phi) is 3.60. The van der Waals surface area contributed by atoms with E-state index in [9.17, 15) is 4.79 Å². The lowest BCUT2D eigenvalue weighted by Crippen LogP contribution is -2.29. The molecule has 3 rings (SSSR count). The fraction of sp³-hybridized carbons (Fsp3) is 0.400. The molecule has 0 unspecified atom stereocenters. The molecule has 1 aliphatic rings. The van der Waals surface area contributed by atoms with E-state index in [1.165, 1.54) is 12.4 Å². The Morgan fingerprint density at radius 2 is 2.00 bits per heavy atom. The van der Waals surface area contributed by atoms with Gasteiger partial charge >= 0.3 is 0 Å². The standard InChI is InChI=1S/C15H17N5O/c1-10-7-11(2)19-14(18-10)12-3-6-20(9-12)15(21)13-8-16-4-5-17-13/h4-5,7-8,12H,3,6,9H2,1-2H3/t12-/m0/s1. The van der Waals surface area contributed by atoms with Gasteiger partial charge in [0.15, 0.2) is 0 Å². The third-order valence-electron chi connectivity index (χ3n) is 3.62. The second-order valence-electron chi connectivity index (χ2n) is 5.34. The van der Waals surface area contributed by atoms with Crippen LogP contribution >= 0.6 is 0 Å². The van der Waals surface area contributed by atoms with Gasteiger partial charge < -0.3 is 4.90 Å². The summed E-state index contributed by atoms with van der Waals surface area (Å²) in [7, 11) is 0. The third-order valence-corrected chi connectivity index (χ3v) is 3.62. The minimum atomic E-state index is -0.0741. The first kappa shape index (κ1) is 13.6. The minimum Gasteiger partial charge on any atom is -0.337 e. The summed E-state index contributed by atoms with van der Waals surface area (Å²) in [5.41, 5.74) is 2.33. The number of rotatable bonds is 2. The van der Waals surface area contributed by atoms with Crippen molar-refractivity contribution in [1.29, 1.82) is 0 Å². The van der Waals surface area contributed by atoms with Gasteiger partial charge in [0.2, 0.25) is 0 Å². The summed E-state index contributed by atoms with van der Waals surface area (Å²) >= 11 is 0. The number of nitrogens with zero attached hydrogens (tertiary/aromatic N) is 5. The van der Waals surface area contributed by atoms with Gasteiger partial charge in [-0.2, -0.15) is 0 Å². The van der Waals surface area contributed by atoms with Crippen LogP contribution in [0.5, 0.6) is 0 Å². The topological polar surface area (TPSA) is 71.9 Å². The summed E-state index contributed by atoms with van der Waals surface area (Å²) < 4.78 is 0. The maximum Gasteiger partial charge on any atom is 0.274 e. The molecule has 6 nitrogen and oxygen atoms in total. The van der Waals surface area contributed by atoms with Gasteiger partial charge in [-0.3, -0.25) is 9.78 Å². The van der Waals surface area contributed by atoms with Gasteiger partial charge in [-0.1, -0.05) is 0 Å². The summed E-state index contributed by atoms with van der Waals surface area (Å²) in [4.78, 5) is 31.2. The molecule has 0 radical (unpaired) electrons. The van der Waals surface area contributed by atoms with Crippen molar-refractivity contribution in [2.45, 2.75) is 26.2 Å². The molecule has 0 spiro atoms. The van der Waals surface area contributed by atoms with E-state index in [0.29, 0.717) is 18.8 Å². The van der Waals surface area contributed by atoms with E-state index in [1.807, 2.05) is 19.9 Å². The van der Waals surface area contributed by atoms with Crippen molar-refractivity contribution < 1.29 is 4.79 Å². The van der Waals surface area contributed by atoms with Gasteiger partial charge in [0.05, 0.1) is 6.20 Å². The molecule has 0 bridgehead atoms. The summed E-state index contributed by atoms with van der Waals surface area (Å²) in [5, 5.41) is 0. The van der Waals surface area contributed by atoms with Crippen molar-refractivity contribution in [3.8, 4) is 0 Å². The zero-order chi connectivity index (χ0) is 14.8. The number of likely N-dealkylation sites (tertiary alicyclic amines) is 1. The molecular weight excluding hydrogens is 266 g/mol. The molecular formula is C15H17N5O. The van der Waals surface area contributed by atoms with Crippen molar-refractivity contribution >= 4 is 5.91 Å². The lowest BCUT2D eigenvalue weighted by Gasteiger charge is -2.15. The second-order valence-corrected chi connectivity index (χ2v) is 5.34. The van der Waals surface area contributed by atoms with E-state index in [4.69, 9.17) is 0 Å². The molecule has 3 heterocycles. The van der Waals surface area contributed by atoms with Gasteiger partial charge in [-0.15, -0.1) is 0 Å². The molecule has 1 saturated heterocycles. The molecule has 2 aromatic rings. The molecule has 21 heavy (non-hydrogen) atoms. The molecule has 108 valence electrons. The van der Waals surface area contributed by atoms with Crippen LogP contribution in [0.4, 0.5) is 0 Å². The number of aromatic nitrogens is 4. The number of carbonyl (C=O) groups excluding carboxylic acids is 1. The van der Waals surface area contributed by atoms with Crippen LogP contribution in [0.3, 0.4) is 0 Å². The molecule has 2 aromatic heterocycles. The van der Waals surface area contributed by atoms with Crippen molar-refractivity contribution in [2.24, 2.45) is 0 Å². The van der Waals surface area contributed by atoms with Crippen LogP contribution in [0.1, 0.15) is 40.0 Å². The number of hydrogen-bond acceptors (Lipinski definition) is 5. The Bertz CT molecular complexity index is 638. The van der Waals surface area contributed by atoms with E-state index in [0.717, 1.165) is 23.6 Å². The van der Waals surface area contributed by atoms with E-state index >= 15 is 0 Å². The first-order valence-corrected chi connectivity index (χ1v) is 7.01. The quantitative estimate of drug-likeness (QED) is 0.835. The molecule has 0 N–H and O–H groups in total. The van der Waals surface area contributed by atoms with E-state index < -0.39 is 0 Å². The number of hydrogen-bond donors (Lipinski definition) is 0. The van der Waals surface area contributed by atoms with E-state index in [2.05, 4.69) is 19.9 Å². The summed E-state index contributed by atoms with van der Waals surface area (Å²) in [5.74, 6) is 0.959. The largest absolute Gasteiger partial charge is 0.337 e. The highest BCUT2D eigenvalue weighted by molar-refractivity contribution is 5.92. The lowest BCUT2D eigenvalue weighted by atomic mass is 10.1. The van der Waals surface area contributed by atoms with Crippen molar-refractivity contribution in [3.05, 3.63) is 47.6 Å². The van der Waals surface area contributed by atoms with Crippen LogP contribution in [0.15, 0.2) is 24.7 Å². The highest BCUT2D eigenvalue weighted by Gasteiger charge is 2.30. The first-order valence-electron chi connectivity index (χ1n) is 7.01. The third kappa shape index (κ3) is 2.89. The molecule has 0 saturated carbocycles. The van der Waals surface area contributed by atoms with Crippen LogP contribution in [-0.2, 0) is 0 Å². The van der Waals surface area contributed by atoms with Crippen LogP contribution in [-0.4, -0.2) is 43.8 Å². The smallest absolute Gasteiger partial charge is 0.274 e. The zero-order valence-electron chi connectivity index (χ0n) is 12.2. The zero-order valence-corrected chi connectivity index (χ0v) is 12.2. The van der Waals surface area contributed by atoms with Gasteiger partial charge in [-0.05, 0) is 26.3 Å². The average molecular weight is 283 g/mol. The molecule has 1 fully saturated rings. The lowest BCUT2D eigenvalue weighted by molar-refractivity contribution is 0.0784. The summed E-state index contributed by atoms with van der Waals surface area (Å²) in [6, 6.07) is 1.96. The Morgan fingerprint density at radius 1 is 1.24 bits per heavy atom. The highest BCUT2D eigenvalue weighted by atomic mass is 16.2. The molecule has 6 heteroatoms. The van der Waals surface area contributed by atoms with Crippen LogP contribution in [0.25, 0.3) is 0 Å². The van der Waals surface area contributed by atoms with Crippen molar-refractivity contribution in [2.75, 3.05) is 13.1 Å². The SMILES string of the molecule is Cc1cc(C)nc([C@H]2CCN(C(=O)c3cnccn3)C2)n1. The van der Waals surface area contributed by atoms with Crippen molar-refractivity contribution in [3.63, 3.8) is 0 Å². The molecule has 1 atom stereocenters. The highest BCUT2D eigenvalue weighted by Crippen LogP contribution is 2.25. The number of amides is 1. The summed E-state index contributed by atoms with van der Waals surface area (Å²) in [6.45, 7) is 5.28. The number of carbonyl (C=O) groups is 1. The van der Waals surface area contributed by atoms with Crippen molar-refractivity contribution in [1.82, 2.24) is 24.8 Å². The molecule has 0 aromatic carbocycles. The predicted molar refractivity (Wildman–Crippen MR) is 76.8 cm³/mol. The van der Waals surface area contributed by atoms with E-state index in [-0.39, 0.29) is 11.8 Å². The summed E-state index contributed by atoms with van der Waals surface area (Å²) in [6.07, 6.45) is 5.48. The minimum absolute atomic E-state index is 0.0741. The predicted octanol–water partition coefficient (Wildman–Crippen LogP) is 1.51. The fourth-order valence-electron chi connectivity index (χ4n) is 2.66. The van der Waals surface area contributed by atoms with Crippen LogP contribution in [0, 0.1) is 13.8 Å². The monoisotopic (exact) mass is 283 g/mol. The average Bonchev–Trinajstić information content (AvgIpc) is 2.96. The van der Waals surface area contributed by atoms with Crippen LogP contribution in [0.2, 0.25) is 0 Å². The first-order chi connectivity index (χ1) is 10.1. The van der Waals surface area contributed by atoms with Gasteiger partial charge in [0.25, 0.3) is 5.91 Å². The maximum absolute atomic E-state index is 12.3. The van der Waals surface area contributed by atoms with Crippen LogP contribution < -0.4 is 0 Å². The number of aryl methyl sites for hydroxylation is 2. The molecule has 1 amide bonds. The van der Waals surface area contributed by atoms with Gasteiger partial charge in [-0.25, -0.2) is 15.0 Å². The Labute approximate surface area is 123 Å². The molecule has 0 aliphatic carbocycles. The Balaban J connectivity index is 1.75. The second kappa shape index (κ2) is 5.55. The molecule has 1 aliphatic heterocycles. The fourth-order valence-corrected chi connectivity index (χ4v) is 2.66. The normalized spacial score (nSPS) is 18.0. The maximum atomic E-state index is 12.3. The Hall–Kier alpha value is -2.37. The van der Waals surface area contributed by atoms with Gasteiger partial charge in [0.1, 0.15) is 11.5 Å². The van der Waals surface area contributed by atoms with Gasteiger partial charge in [0, 0.05) is 42.8 Å². The van der Waals surface area contributed by atoms with E-state index in [1.54, 1.807) is 11.1 Å². The Morgan fingerprint density at radius 3 is 2.67 bits per heavy atom.